The van der Waals surface area contributed by atoms with Gasteiger partial charge in [-0.25, -0.2) is 8.78 Å². The Hall–Kier alpha value is -2.68. The molecule has 2 aromatic rings. The van der Waals surface area contributed by atoms with E-state index in [1.165, 1.54) is 6.07 Å². The molecular weight excluding hydrogens is 419 g/mol. The van der Waals surface area contributed by atoms with E-state index in [0.717, 1.165) is 17.0 Å². The number of hydrogen-bond donors (Lipinski definition) is 1. The summed E-state index contributed by atoms with van der Waals surface area (Å²) >= 11 is 5.73. The normalized spacial score (nSPS) is 17.0. The maximum atomic E-state index is 14.0. The lowest BCUT2D eigenvalue weighted by atomic mass is 10.1. The fraction of sp³-hybridized carbons (Fsp3) is 0.263. The van der Waals surface area contributed by atoms with Gasteiger partial charge in [0, 0.05) is 18.1 Å². The molecule has 1 saturated heterocycles. The van der Waals surface area contributed by atoms with Crippen molar-refractivity contribution in [3.8, 4) is 0 Å². The topological polar surface area (TPSA) is 49.4 Å². The zero-order chi connectivity index (χ0) is 21.3. The summed E-state index contributed by atoms with van der Waals surface area (Å²) in [5.74, 6) is -4.28. The maximum Gasteiger partial charge on any atom is 0.416 e. The Bertz CT molecular complexity index is 944. The van der Waals surface area contributed by atoms with Gasteiger partial charge in [-0.05, 0) is 48.4 Å². The number of alkyl halides is 3. The number of hydrogen-bond acceptors (Lipinski definition) is 2. The predicted molar refractivity (Wildman–Crippen MR) is 95.1 cm³/mol. The Morgan fingerprint density at radius 2 is 1.90 bits per heavy atom. The van der Waals surface area contributed by atoms with E-state index in [9.17, 15) is 31.5 Å². The van der Waals surface area contributed by atoms with Crippen molar-refractivity contribution in [1.29, 1.82) is 0 Å². The van der Waals surface area contributed by atoms with Gasteiger partial charge in [0.05, 0.1) is 11.3 Å². The van der Waals surface area contributed by atoms with Crippen LogP contribution in [0, 0.1) is 17.6 Å². The molecule has 4 nitrogen and oxygen atoms in total. The van der Waals surface area contributed by atoms with Crippen LogP contribution < -0.4 is 10.2 Å². The van der Waals surface area contributed by atoms with Gasteiger partial charge >= 0.3 is 6.18 Å². The van der Waals surface area contributed by atoms with Crippen LogP contribution in [0.5, 0.6) is 0 Å². The SMILES string of the molecule is O=C(NCc1cc(F)cc(Cl)c1)C1CCN(c2cc(C(F)(F)F)ccc2F)C1=O. The number of carbonyl (C=O) groups excluding carboxylic acids is 2. The number of nitrogens with one attached hydrogen (secondary N) is 1. The summed E-state index contributed by atoms with van der Waals surface area (Å²) in [5, 5.41) is 2.60. The molecule has 29 heavy (non-hydrogen) atoms. The van der Waals surface area contributed by atoms with Gasteiger partial charge < -0.3 is 10.2 Å². The van der Waals surface area contributed by atoms with Gasteiger partial charge in [0.1, 0.15) is 17.6 Å². The second-order valence-electron chi connectivity index (χ2n) is 6.49. The first-order valence-electron chi connectivity index (χ1n) is 8.47. The zero-order valence-corrected chi connectivity index (χ0v) is 15.5. The second kappa shape index (κ2) is 7.98. The third-order valence-electron chi connectivity index (χ3n) is 4.48. The molecule has 0 aromatic heterocycles. The average Bonchev–Trinajstić information content (AvgIpc) is 2.99. The van der Waals surface area contributed by atoms with E-state index in [-0.39, 0.29) is 24.5 Å². The lowest BCUT2D eigenvalue weighted by Crippen LogP contribution is -2.37. The molecule has 2 aromatic carbocycles. The molecule has 1 aliphatic heterocycles. The molecule has 0 radical (unpaired) electrons. The van der Waals surface area contributed by atoms with E-state index in [2.05, 4.69) is 5.32 Å². The Kier molecular flexibility index (Phi) is 5.79. The van der Waals surface area contributed by atoms with Crippen LogP contribution in [0.25, 0.3) is 0 Å². The van der Waals surface area contributed by atoms with Gasteiger partial charge in [-0.15, -0.1) is 0 Å². The van der Waals surface area contributed by atoms with Crippen molar-refractivity contribution in [2.75, 3.05) is 11.4 Å². The highest BCUT2D eigenvalue weighted by molar-refractivity contribution is 6.30. The van der Waals surface area contributed by atoms with Crippen molar-refractivity contribution in [3.05, 3.63) is 64.2 Å². The van der Waals surface area contributed by atoms with Crippen molar-refractivity contribution in [2.45, 2.75) is 19.1 Å². The van der Waals surface area contributed by atoms with Crippen LogP contribution in [0.3, 0.4) is 0 Å². The smallest absolute Gasteiger partial charge is 0.351 e. The number of rotatable bonds is 4. The summed E-state index contributed by atoms with van der Waals surface area (Å²) in [6, 6.07) is 5.44. The van der Waals surface area contributed by atoms with E-state index in [1.807, 2.05) is 0 Å². The maximum absolute atomic E-state index is 14.0. The number of benzene rings is 2. The molecule has 1 N–H and O–H groups in total. The van der Waals surface area contributed by atoms with Crippen LogP contribution in [-0.2, 0) is 22.3 Å². The van der Waals surface area contributed by atoms with E-state index >= 15 is 0 Å². The molecule has 154 valence electrons. The molecule has 0 bridgehead atoms. The summed E-state index contributed by atoms with van der Waals surface area (Å²) in [6.45, 7) is -0.209. The highest BCUT2D eigenvalue weighted by atomic mass is 35.5. The number of carbonyl (C=O) groups is 2. The van der Waals surface area contributed by atoms with Crippen LogP contribution in [0.1, 0.15) is 17.5 Å². The predicted octanol–water partition coefficient (Wildman–Crippen LogP) is 4.31. The summed E-state index contributed by atoms with van der Waals surface area (Å²) in [5.41, 5.74) is -1.26. The van der Waals surface area contributed by atoms with Gasteiger partial charge in [-0.3, -0.25) is 9.59 Å². The molecule has 1 aliphatic rings. The number of nitrogens with zero attached hydrogens (tertiary/aromatic N) is 1. The molecule has 1 atom stereocenters. The third kappa shape index (κ3) is 4.67. The number of anilines is 1. The third-order valence-corrected chi connectivity index (χ3v) is 4.69. The highest BCUT2D eigenvalue weighted by Crippen LogP contribution is 2.35. The molecule has 3 rings (SSSR count). The van der Waals surface area contributed by atoms with Crippen LogP contribution in [0.2, 0.25) is 5.02 Å². The van der Waals surface area contributed by atoms with E-state index in [4.69, 9.17) is 11.6 Å². The van der Waals surface area contributed by atoms with Crippen molar-refractivity contribution >= 4 is 29.1 Å². The molecule has 2 amide bonds. The number of halogens is 6. The van der Waals surface area contributed by atoms with Crippen molar-refractivity contribution in [3.63, 3.8) is 0 Å². The molecule has 1 fully saturated rings. The van der Waals surface area contributed by atoms with Gasteiger partial charge in [-0.2, -0.15) is 13.2 Å². The molecule has 0 saturated carbocycles. The van der Waals surface area contributed by atoms with Gasteiger partial charge in [0.25, 0.3) is 0 Å². The summed E-state index contributed by atoms with van der Waals surface area (Å²) in [6.07, 6.45) is -4.70. The first kappa shape index (κ1) is 21.0. The van der Waals surface area contributed by atoms with Crippen molar-refractivity contribution in [2.24, 2.45) is 5.92 Å². The minimum Gasteiger partial charge on any atom is -0.351 e. The molecule has 1 unspecified atom stereocenters. The monoisotopic (exact) mass is 432 g/mol. The zero-order valence-electron chi connectivity index (χ0n) is 14.7. The Morgan fingerprint density at radius 1 is 1.17 bits per heavy atom. The Morgan fingerprint density at radius 3 is 2.55 bits per heavy atom. The molecule has 0 aliphatic carbocycles. The van der Waals surface area contributed by atoms with Crippen LogP contribution >= 0.6 is 11.6 Å². The van der Waals surface area contributed by atoms with Crippen LogP contribution in [0.15, 0.2) is 36.4 Å². The van der Waals surface area contributed by atoms with Gasteiger partial charge in [0.15, 0.2) is 0 Å². The van der Waals surface area contributed by atoms with Gasteiger partial charge in [-0.1, -0.05) is 11.6 Å². The fourth-order valence-corrected chi connectivity index (χ4v) is 3.33. The quantitative estimate of drug-likeness (QED) is 0.578. The molecule has 0 spiro atoms. The largest absolute Gasteiger partial charge is 0.416 e. The highest BCUT2D eigenvalue weighted by Gasteiger charge is 2.39. The van der Waals surface area contributed by atoms with Crippen molar-refractivity contribution < 1.29 is 31.5 Å². The second-order valence-corrected chi connectivity index (χ2v) is 6.93. The lowest BCUT2D eigenvalue weighted by Gasteiger charge is -2.19. The molecule has 1 heterocycles. The van der Waals surface area contributed by atoms with E-state index < -0.39 is 46.8 Å². The minimum absolute atomic E-state index is 0.00423. The Balaban J connectivity index is 1.72. The molecule has 10 heteroatoms. The fourth-order valence-electron chi connectivity index (χ4n) is 3.08. The summed E-state index contributed by atoms with van der Waals surface area (Å²) in [7, 11) is 0. The average molecular weight is 433 g/mol. The lowest BCUT2D eigenvalue weighted by molar-refractivity contribution is -0.138. The minimum atomic E-state index is -4.70. The van der Waals surface area contributed by atoms with E-state index in [0.29, 0.717) is 23.8 Å². The standard InChI is InChI=1S/C19H14ClF5N2O2/c20-12-5-10(6-13(21)8-12)9-26-17(28)14-3-4-27(18(14)29)16-7-11(19(23,24)25)1-2-15(16)22/h1-2,5-8,14H,3-4,9H2,(H,26,28). The Labute approximate surface area is 167 Å². The summed E-state index contributed by atoms with van der Waals surface area (Å²) in [4.78, 5) is 25.7. The van der Waals surface area contributed by atoms with Gasteiger partial charge in [0.2, 0.25) is 11.8 Å². The van der Waals surface area contributed by atoms with Crippen LogP contribution in [0.4, 0.5) is 27.6 Å². The first-order valence-corrected chi connectivity index (χ1v) is 8.85. The van der Waals surface area contributed by atoms with E-state index in [1.54, 1.807) is 0 Å². The molecular formula is C19H14ClF5N2O2. The summed E-state index contributed by atoms with van der Waals surface area (Å²) < 4.78 is 66.0. The van der Waals surface area contributed by atoms with Crippen LogP contribution in [-0.4, -0.2) is 18.4 Å². The number of amides is 2. The first-order chi connectivity index (χ1) is 13.6. The van der Waals surface area contributed by atoms with Crippen molar-refractivity contribution in [1.82, 2.24) is 5.32 Å².